The summed E-state index contributed by atoms with van der Waals surface area (Å²) in [7, 11) is -3.60. The number of nitrogens with zero attached hydrogens (tertiary/aromatic N) is 2. The number of rotatable bonds is 5. The second kappa shape index (κ2) is 8.85. The average molecular weight is 432 g/mol. The molecule has 0 spiro atoms. The van der Waals surface area contributed by atoms with E-state index in [0.29, 0.717) is 5.69 Å². The number of amides is 1. The lowest BCUT2D eigenvalue weighted by Gasteiger charge is -2.35. The first kappa shape index (κ1) is 21.8. The molecule has 1 aliphatic heterocycles. The summed E-state index contributed by atoms with van der Waals surface area (Å²) in [5.41, 5.74) is 7.21. The molecular formula is C21H25N3O5S. The number of esters is 1. The lowest BCUT2D eigenvalue weighted by molar-refractivity contribution is -0.141. The van der Waals surface area contributed by atoms with Gasteiger partial charge in [0.2, 0.25) is 10.0 Å². The van der Waals surface area contributed by atoms with E-state index in [4.69, 9.17) is 10.5 Å². The summed E-state index contributed by atoms with van der Waals surface area (Å²) in [5.74, 6) is -1.03. The predicted octanol–water partition coefficient (Wildman–Crippen LogP) is 1.66. The number of hydrogen-bond donors (Lipinski definition) is 1. The number of para-hydroxylation sites is 1. The fourth-order valence-electron chi connectivity index (χ4n) is 3.28. The normalized spacial score (nSPS) is 16.1. The van der Waals surface area contributed by atoms with Gasteiger partial charge in [-0.1, -0.05) is 30.3 Å². The minimum Gasteiger partial charge on any atom is -0.449 e. The van der Waals surface area contributed by atoms with Gasteiger partial charge >= 0.3 is 5.97 Å². The Morgan fingerprint density at radius 2 is 1.63 bits per heavy atom. The van der Waals surface area contributed by atoms with E-state index >= 15 is 0 Å². The van der Waals surface area contributed by atoms with E-state index in [2.05, 4.69) is 0 Å². The molecule has 9 heteroatoms. The summed E-state index contributed by atoms with van der Waals surface area (Å²) < 4.78 is 32.1. The van der Waals surface area contributed by atoms with E-state index in [-0.39, 0.29) is 42.5 Å². The molecule has 3 rings (SSSR count). The molecule has 1 heterocycles. The number of nitrogens with two attached hydrogens (primary N) is 1. The van der Waals surface area contributed by atoms with Crippen LogP contribution in [0, 0.1) is 6.92 Å². The lowest BCUT2D eigenvalue weighted by Crippen LogP contribution is -2.52. The van der Waals surface area contributed by atoms with Gasteiger partial charge in [-0.25, -0.2) is 13.2 Å². The molecule has 0 aliphatic carbocycles. The summed E-state index contributed by atoms with van der Waals surface area (Å²) in [6, 6.07) is 13.2. The maximum absolute atomic E-state index is 12.7. The largest absolute Gasteiger partial charge is 0.449 e. The first-order valence-corrected chi connectivity index (χ1v) is 11.1. The molecule has 0 radical (unpaired) electrons. The first-order valence-electron chi connectivity index (χ1n) is 9.62. The van der Waals surface area contributed by atoms with E-state index < -0.39 is 22.1 Å². The highest BCUT2D eigenvalue weighted by Gasteiger charge is 2.32. The molecule has 1 fully saturated rings. The summed E-state index contributed by atoms with van der Waals surface area (Å²) in [5, 5.41) is 0. The third-order valence-electron chi connectivity index (χ3n) is 5.11. The maximum Gasteiger partial charge on any atom is 0.341 e. The van der Waals surface area contributed by atoms with Crippen LogP contribution in [0.15, 0.2) is 53.4 Å². The van der Waals surface area contributed by atoms with Crippen LogP contribution in [0.1, 0.15) is 22.8 Å². The van der Waals surface area contributed by atoms with Crippen LogP contribution in [-0.2, 0) is 19.6 Å². The van der Waals surface area contributed by atoms with Gasteiger partial charge in [0.05, 0.1) is 10.5 Å². The van der Waals surface area contributed by atoms with E-state index in [9.17, 15) is 18.0 Å². The molecule has 1 aliphatic rings. The van der Waals surface area contributed by atoms with E-state index in [1.54, 1.807) is 55.5 Å². The fourth-order valence-corrected chi connectivity index (χ4v) is 4.72. The van der Waals surface area contributed by atoms with Crippen LogP contribution in [0.2, 0.25) is 0 Å². The zero-order chi connectivity index (χ0) is 21.9. The molecule has 2 aromatic carbocycles. The van der Waals surface area contributed by atoms with Crippen LogP contribution in [0.3, 0.4) is 0 Å². The Morgan fingerprint density at radius 3 is 2.27 bits per heavy atom. The van der Waals surface area contributed by atoms with Crippen molar-refractivity contribution in [2.45, 2.75) is 24.8 Å². The van der Waals surface area contributed by atoms with Crippen LogP contribution in [0.25, 0.3) is 0 Å². The average Bonchev–Trinajstić information content (AvgIpc) is 2.75. The van der Waals surface area contributed by atoms with Gasteiger partial charge in [-0.05, 0) is 37.6 Å². The van der Waals surface area contributed by atoms with E-state index in [1.807, 2.05) is 0 Å². The quantitative estimate of drug-likeness (QED) is 0.569. The van der Waals surface area contributed by atoms with Crippen LogP contribution >= 0.6 is 0 Å². The third kappa shape index (κ3) is 4.47. The van der Waals surface area contributed by atoms with Crippen molar-refractivity contribution in [3.63, 3.8) is 0 Å². The second-order valence-electron chi connectivity index (χ2n) is 7.13. The number of carbonyl (C=O) groups is 2. The van der Waals surface area contributed by atoms with Crippen molar-refractivity contribution >= 4 is 27.6 Å². The molecular weight excluding hydrogens is 406 g/mol. The molecule has 0 saturated carbocycles. The Labute approximate surface area is 176 Å². The number of benzene rings is 2. The molecule has 30 heavy (non-hydrogen) atoms. The van der Waals surface area contributed by atoms with Crippen molar-refractivity contribution in [1.82, 2.24) is 9.21 Å². The fraction of sp³-hybridized carbons (Fsp3) is 0.333. The van der Waals surface area contributed by atoms with Gasteiger partial charge in [0.1, 0.15) is 0 Å². The molecule has 0 aromatic heterocycles. The third-order valence-corrected chi connectivity index (χ3v) is 7.02. The molecule has 1 atom stereocenters. The molecule has 0 bridgehead atoms. The topological polar surface area (TPSA) is 110 Å². The number of nitrogen functional groups attached to an aromatic ring is 1. The van der Waals surface area contributed by atoms with Crippen LogP contribution in [0.5, 0.6) is 0 Å². The van der Waals surface area contributed by atoms with Gasteiger partial charge < -0.3 is 15.4 Å². The summed E-state index contributed by atoms with van der Waals surface area (Å²) in [4.78, 5) is 26.8. The van der Waals surface area contributed by atoms with Gasteiger partial charge in [-0.2, -0.15) is 4.31 Å². The zero-order valence-corrected chi connectivity index (χ0v) is 17.8. The van der Waals surface area contributed by atoms with Crippen molar-refractivity contribution in [3.05, 3.63) is 59.7 Å². The maximum atomic E-state index is 12.7. The minimum atomic E-state index is -3.60. The van der Waals surface area contributed by atoms with Gasteiger partial charge in [0.25, 0.3) is 5.91 Å². The Bertz CT molecular complexity index is 1030. The van der Waals surface area contributed by atoms with E-state index in [1.165, 1.54) is 16.1 Å². The van der Waals surface area contributed by atoms with Gasteiger partial charge in [-0.15, -0.1) is 0 Å². The molecule has 1 saturated heterocycles. The highest BCUT2D eigenvalue weighted by atomic mass is 32.2. The van der Waals surface area contributed by atoms with Crippen molar-refractivity contribution in [2.24, 2.45) is 0 Å². The van der Waals surface area contributed by atoms with Crippen LogP contribution in [0.4, 0.5) is 5.69 Å². The van der Waals surface area contributed by atoms with E-state index in [0.717, 1.165) is 5.56 Å². The first-order chi connectivity index (χ1) is 14.2. The molecule has 8 nitrogen and oxygen atoms in total. The van der Waals surface area contributed by atoms with Gasteiger partial charge in [0.15, 0.2) is 6.10 Å². The number of ether oxygens (including phenoxy) is 1. The number of carbonyl (C=O) groups excluding carboxylic acids is 2. The lowest BCUT2D eigenvalue weighted by atomic mass is 10.1. The Morgan fingerprint density at radius 1 is 1.00 bits per heavy atom. The van der Waals surface area contributed by atoms with Gasteiger partial charge in [-0.3, -0.25) is 4.79 Å². The smallest absolute Gasteiger partial charge is 0.341 e. The summed E-state index contributed by atoms with van der Waals surface area (Å²) >= 11 is 0. The Balaban J connectivity index is 1.59. The standard InChI is InChI=1S/C21H25N3O5S/c1-15-7-6-10-18(19(15)22)21(26)29-16(2)20(25)23-11-13-24(14-12-23)30(27,28)17-8-4-3-5-9-17/h3-10,16H,11-14,22H2,1-2H3. The number of piperazine rings is 1. The number of aryl methyl sites for hydroxylation is 1. The van der Waals surface area contributed by atoms with Crippen molar-refractivity contribution in [3.8, 4) is 0 Å². The Kier molecular flexibility index (Phi) is 6.42. The summed E-state index contributed by atoms with van der Waals surface area (Å²) in [6.07, 6.45) is -1.00. The van der Waals surface area contributed by atoms with Crippen molar-refractivity contribution in [2.75, 3.05) is 31.9 Å². The SMILES string of the molecule is Cc1cccc(C(=O)OC(C)C(=O)N2CCN(S(=O)(=O)c3ccccc3)CC2)c1N. The monoisotopic (exact) mass is 431 g/mol. The Hall–Kier alpha value is -2.91. The highest BCUT2D eigenvalue weighted by Crippen LogP contribution is 2.20. The minimum absolute atomic E-state index is 0.175. The zero-order valence-electron chi connectivity index (χ0n) is 16.9. The molecule has 1 amide bonds. The number of sulfonamides is 1. The predicted molar refractivity (Wildman–Crippen MR) is 112 cm³/mol. The molecule has 1 unspecified atom stereocenters. The van der Waals surface area contributed by atoms with Crippen LogP contribution < -0.4 is 5.73 Å². The second-order valence-corrected chi connectivity index (χ2v) is 9.06. The van der Waals surface area contributed by atoms with Crippen LogP contribution in [-0.4, -0.2) is 61.8 Å². The summed E-state index contributed by atoms with van der Waals surface area (Å²) in [6.45, 7) is 4.07. The van der Waals surface area contributed by atoms with Gasteiger partial charge in [0, 0.05) is 31.9 Å². The molecule has 160 valence electrons. The number of anilines is 1. The highest BCUT2D eigenvalue weighted by molar-refractivity contribution is 7.89. The van der Waals surface area contributed by atoms with Crippen molar-refractivity contribution in [1.29, 1.82) is 0 Å². The molecule has 2 N–H and O–H groups in total. The molecule has 2 aromatic rings. The van der Waals surface area contributed by atoms with Crippen molar-refractivity contribution < 1.29 is 22.7 Å². The number of hydrogen-bond acceptors (Lipinski definition) is 6.